The summed E-state index contributed by atoms with van der Waals surface area (Å²) in [5.41, 5.74) is 6.97. The first kappa shape index (κ1) is 14.8. The maximum Gasteiger partial charge on any atom is 0.111 e. The number of benzene rings is 2. The monoisotopic (exact) mass is 334 g/mol. The van der Waals surface area contributed by atoms with Gasteiger partial charge in [0, 0.05) is 23.5 Å². The number of aryl methyl sites for hydroxylation is 2. The zero-order chi connectivity index (χ0) is 16.8. The average molecular weight is 335 g/mol. The predicted octanol–water partition coefficient (Wildman–Crippen LogP) is 4.78. The van der Waals surface area contributed by atoms with E-state index in [2.05, 4.69) is 47.0 Å². The van der Waals surface area contributed by atoms with Gasteiger partial charge in [-0.25, -0.2) is 4.98 Å². The molecule has 0 saturated carbocycles. The van der Waals surface area contributed by atoms with Gasteiger partial charge in [0.15, 0.2) is 0 Å². The van der Waals surface area contributed by atoms with Crippen molar-refractivity contribution in [3.05, 3.63) is 63.6 Å². The summed E-state index contributed by atoms with van der Waals surface area (Å²) < 4.78 is 0. The van der Waals surface area contributed by atoms with Crippen LogP contribution in [0.2, 0.25) is 5.02 Å². The van der Waals surface area contributed by atoms with Crippen LogP contribution in [0.15, 0.2) is 30.5 Å². The van der Waals surface area contributed by atoms with Gasteiger partial charge in [-0.05, 0) is 48.7 Å². The van der Waals surface area contributed by atoms with E-state index in [-0.39, 0.29) is 0 Å². The van der Waals surface area contributed by atoms with Crippen LogP contribution < -0.4 is 0 Å². The largest absolute Gasteiger partial charge is 0.361 e. The number of hydrogen-bond donors (Lipinski definition) is 2. The first-order valence-corrected chi connectivity index (χ1v) is 8.09. The number of H-pyrrole nitrogens is 2. The summed E-state index contributed by atoms with van der Waals surface area (Å²) in [7, 11) is 0. The Bertz CT molecular complexity index is 1130. The molecule has 0 radical (unpaired) electrons. The molecule has 0 unspecified atom stereocenters. The second-order valence-corrected chi connectivity index (χ2v) is 6.48. The van der Waals surface area contributed by atoms with Gasteiger partial charge in [0.2, 0.25) is 0 Å². The fraction of sp³-hybridized carbons (Fsp3) is 0.158. The maximum absolute atomic E-state index is 9.10. The molecule has 0 bridgehead atoms. The third kappa shape index (κ3) is 2.26. The van der Waals surface area contributed by atoms with E-state index >= 15 is 0 Å². The molecule has 5 heteroatoms. The maximum atomic E-state index is 9.10. The Morgan fingerprint density at radius 3 is 2.83 bits per heavy atom. The molecule has 0 atom stereocenters. The van der Waals surface area contributed by atoms with Crippen LogP contribution in [0.1, 0.15) is 28.1 Å². The van der Waals surface area contributed by atoms with Crippen LogP contribution in [0, 0.1) is 25.2 Å². The number of aromatic amines is 2. The molecule has 0 aliphatic carbocycles. The molecule has 0 saturated heterocycles. The summed E-state index contributed by atoms with van der Waals surface area (Å²) in [5, 5.41) is 10.8. The standard InChI is InChI=1S/C19H15ClN4/c1-10-5-11(2)19-13(3-4-22-19)14(10)7-18-23-16-6-12(9-21)15(20)8-17(16)24-18/h3-6,8,22H,7H2,1-2H3,(H,23,24). The summed E-state index contributed by atoms with van der Waals surface area (Å²) in [6.07, 6.45) is 2.67. The lowest BCUT2D eigenvalue weighted by atomic mass is 9.98. The third-order valence-corrected chi connectivity index (χ3v) is 4.77. The minimum Gasteiger partial charge on any atom is -0.361 e. The number of hydrogen-bond acceptors (Lipinski definition) is 2. The molecule has 4 rings (SSSR count). The number of halogens is 1. The number of fused-ring (bicyclic) bond motifs is 2. The fourth-order valence-corrected chi connectivity index (χ4v) is 3.50. The van der Waals surface area contributed by atoms with E-state index in [0.29, 0.717) is 17.0 Å². The van der Waals surface area contributed by atoms with Crippen molar-refractivity contribution in [3.63, 3.8) is 0 Å². The minimum atomic E-state index is 0.444. The highest BCUT2D eigenvalue weighted by molar-refractivity contribution is 6.32. The van der Waals surface area contributed by atoms with E-state index in [4.69, 9.17) is 16.9 Å². The van der Waals surface area contributed by atoms with Gasteiger partial charge in [0.1, 0.15) is 11.9 Å². The highest BCUT2D eigenvalue weighted by Crippen LogP contribution is 2.28. The number of nitrogens with one attached hydrogen (secondary N) is 2. The number of imidazole rings is 1. The van der Waals surface area contributed by atoms with Crippen LogP contribution in [0.4, 0.5) is 0 Å². The van der Waals surface area contributed by atoms with Gasteiger partial charge in [0.25, 0.3) is 0 Å². The van der Waals surface area contributed by atoms with E-state index in [1.165, 1.54) is 27.6 Å². The van der Waals surface area contributed by atoms with Crippen LogP contribution in [-0.4, -0.2) is 15.0 Å². The Labute approximate surface area is 144 Å². The predicted molar refractivity (Wildman–Crippen MR) is 96.4 cm³/mol. The summed E-state index contributed by atoms with van der Waals surface area (Å²) in [6, 6.07) is 9.89. The van der Waals surface area contributed by atoms with Crippen molar-refractivity contribution in [2.24, 2.45) is 0 Å². The first-order chi connectivity index (χ1) is 11.6. The van der Waals surface area contributed by atoms with Crippen molar-refractivity contribution in [2.45, 2.75) is 20.3 Å². The van der Waals surface area contributed by atoms with Crippen LogP contribution >= 0.6 is 11.6 Å². The summed E-state index contributed by atoms with van der Waals surface area (Å²) in [4.78, 5) is 11.3. The van der Waals surface area contributed by atoms with E-state index < -0.39 is 0 Å². The molecule has 24 heavy (non-hydrogen) atoms. The average Bonchev–Trinajstić information content (AvgIpc) is 3.16. The van der Waals surface area contributed by atoms with Crippen LogP contribution in [0.3, 0.4) is 0 Å². The fourth-order valence-electron chi connectivity index (χ4n) is 3.30. The normalized spacial score (nSPS) is 11.2. The molecule has 118 valence electrons. The zero-order valence-corrected chi connectivity index (χ0v) is 14.1. The highest BCUT2D eigenvalue weighted by Gasteiger charge is 2.13. The molecule has 2 aromatic carbocycles. The van der Waals surface area contributed by atoms with Crippen LogP contribution in [-0.2, 0) is 6.42 Å². The Balaban J connectivity index is 1.83. The summed E-state index contributed by atoms with van der Waals surface area (Å²) in [5.74, 6) is 0.866. The summed E-state index contributed by atoms with van der Waals surface area (Å²) in [6.45, 7) is 4.24. The van der Waals surface area contributed by atoms with E-state index in [1.807, 2.05) is 6.20 Å². The lowest BCUT2D eigenvalue weighted by Gasteiger charge is -2.08. The molecule has 4 nitrogen and oxygen atoms in total. The number of nitriles is 1. The number of rotatable bonds is 2. The molecule has 2 aromatic heterocycles. The van der Waals surface area contributed by atoms with Crippen molar-refractivity contribution in [1.29, 1.82) is 5.26 Å². The van der Waals surface area contributed by atoms with Crippen molar-refractivity contribution in [3.8, 4) is 6.07 Å². The van der Waals surface area contributed by atoms with Crippen molar-refractivity contribution in [1.82, 2.24) is 15.0 Å². The molecule has 0 aliphatic heterocycles. The molecule has 4 aromatic rings. The topological polar surface area (TPSA) is 68.3 Å². The van der Waals surface area contributed by atoms with Gasteiger partial charge >= 0.3 is 0 Å². The number of nitrogens with zero attached hydrogens (tertiary/aromatic N) is 2. The van der Waals surface area contributed by atoms with Crippen molar-refractivity contribution in [2.75, 3.05) is 0 Å². The molecule has 2 heterocycles. The van der Waals surface area contributed by atoms with E-state index in [9.17, 15) is 0 Å². The van der Waals surface area contributed by atoms with Gasteiger partial charge in [-0.2, -0.15) is 5.26 Å². The Morgan fingerprint density at radius 2 is 2.04 bits per heavy atom. The Kier molecular flexibility index (Phi) is 3.33. The highest BCUT2D eigenvalue weighted by atomic mass is 35.5. The molecule has 0 fully saturated rings. The van der Waals surface area contributed by atoms with Crippen molar-refractivity contribution >= 4 is 33.5 Å². The van der Waals surface area contributed by atoms with Gasteiger partial charge in [-0.1, -0.05) is 17.7 Å². The third-order valence-electron chi connectivity index (χ3n) is 4.46. The molecular weight excluding hydrogens is 320 g/mol. The molecular formula is C19H15ClN4. The van der Waals surface area contributed by atoms with Crippen molar-refractivity contribution < 1.29 is 0 Å². The molecule has 2 N–H and O–H groups in total. The minimum absolute atomic E-state index is 0.444. The van der Waals surface area contributed by atoms with Gasteiger partial charge in [-0.15, -0.1) is 0 Å². The van der Waals surface area contributed by atoms with E-state index in [1.54, 1.807) is 12.1 Å². The molecule has 0 aliphatic rings. The van der Waals surface area contributed by atoms with Gasteiger partial charge < -0.3 is 9.97 Å². The zero-order valence-electron chi connectivity index (χ0n) is 13.4. The smallest absolute Gasteiger partial charge is 0.111 e. The van der Waals surface area contributed by atoms with Gasteiger partial charge in [0.05, 0.1) is 21.6 Å². The quantitative estimate of drug-likeness (QED) is 0.554. The Hall–Kier alpha value is -2.77. The van der Waals surface area contributed by atoms with Crippen LogP contribution in [0.25, 0.3) is 21.9 Å². The van der Waals surface area contributed by atoms with Gasteiger partial charge in [-0.3, -0.25) is 0 Å². The SMILES string of the molecule is Cc1cc(C)c2[nH]ccc2c1Cc1nc2cc(C#N)c(Cl)cc2[nH]1. The lowest BCUT2D eigenvalue weighted by Crippen LogP contribution is -1.96. The van der Waals surface area contributed by atoms with E-state index in [0.717, 1.165) is 16.9 Å². The van der Waals surface area contributed by atoms with Crippen LogP contribution in [0.5, 0.6) is 0 Å². The second kappa shape index (κ2) is 5.40. The lowest BCUT2D eigenvalue weighted by molar-refractivity contribution is 1.03. The number of aromatic nitrogens is 3. The molecule has 0 amide bonds. The Morgan fingerprint density at radius 1 is 1.21 bits per heavy atom. The summed E-state index contributed by atoms with van der Waals surface area (Å²) >= 11 is 6.10. The first-order valence-electron chi connectivity index (χ1n) is 7.71. The second-order valence-electron chi connectivity index (χ2n) is 6.08. The molecule has 0 spiro atoms.